The summed E-state index contributed by atoms with van der Waals surface area (Å²) < 4.78 is 0. The van der Waals surface area contributed by atoms with Gasteiger partial charge in [0.2, 0.25) is 0 Å². The van der Waals surface area contributed by atoms with E-state index in [1.165, 1.54) is 5.56 Å². The molecule has 2 nitrogen and oxygen atoms in total. The van der Waals surface area contributed by atoms with Crippen LogP contribution in [0.1, 0.15) is 18.4 Å². The summed E-state index contributed by atoms with van der Waals surface area (Å²) in [5.41, 5.74) is 2.36. The molecule has 0 atom stereocenters. The van der Waals surface area contributed by atoms with E-state index in [-0.39, 0.29) is 5.57 Å². The van der Waals surface area contributed by atoms with E-state index in [0.717, 1.165) is 5.57 Å². The van der Waals surface area contributed by atoms with Gasteiger partial charge in [-0.15, -0.1) is 6.58 Å². The summed E-state index contributed by atoms with van der Waals surface area (Å²) in [5, 5.41) is 8.27. The highest BCUT2D eigenvalue weighted by Crippen LogP contribution is 2.03. The van der Waals surface area contributed by atoms with Crippen LogP contribution in [0.15, 0.2) is 86.0 Å². The molecule has 0 heterocycles. The van der Waals surface area contributed by atoms with Gasteiger partial charge in [0, 0.05) is 5.57 Å². The van der Waals surface area contributed by atoms with Gasteiger partial charge in [-0.3, -0.25) is 0 Å². The molecule has 1 rings (SSSR count). The minimum Gasteiger partial charge on any atom is -0.478 e. The normalized spacial score (nSPS) is 9.33. The Morgan fingerprint density at radius 2 is 1.76 bits per heavy atom. The molecule has 0 bridgehead atoms. The Morgan fingerprint density at radius 1 is 1.14 bits per heavy atom. The van der Waals surface area contributed by atoms with Gasteiger partial charge >= 0.3 is 5.97 Å². The van der Waals surface area contributed by atoms with Crippen LogP contribution in [0, 0.1) is 0 Å². The van der Waals surface area contributed by atoms with Crippen molar-refractivity contribution in [2.75, 3.05) is 0 Å². The topological polar surface area (TPSA) is 37.3 Å². The Labute approximate surface area is 127 Å². The minimum absolute atomic E-state index is 0.245. The molecule has 0 aliphatic heterocycles. The second-order valence-corrected chi connectivity index (χ2v) is 4.26. The molecule has 0 aliphatic carbocycles. The van der Waals surface area contributed by atoms with Gasteiger partial charge in [-0.25, -0.2) is 4.79 Å². The van der Waals surface area contributed by atoms with Crippen LogP contribution in [0.4, 0.5) is 0 Å². The maximum absolute atomic E-state index is 10.1. The van der Waals surface area contributed by atoms with E-state index in [9.17, 15) is 4.79 Å². The monoisotopic (exact) mass is 282 g/mol. The number of carboxylic acids is 1. The zero-order valence-corrected chi connectivity index (χ0v) is 12.3. The van der Waals surface area contributed by atoms with Crippen LogP contribution in [0.25, 0.3) is 6.08 Å². The molecule has 21 heavy (non-hydrogen) atoms. The molecule has 0 fully saturated rings. The van der Waals surface area contributed by atoms with E-state index in [2.05, 4.69) is 26.3 Å². The Balaban J connectivity index is 0.000000400. The Kier molecular flexibility index (Phi) is 9.84. The molecule has 0 saturated carbocycles. The third-order valence-corrected chi connectivity index (χ3v) is 2.50. The lowest BCUT2D eigenvalue weighted by Crippen LogP contribution is -1.97. The molecule has 0 unspecified atom stereocenters. The molecule has 110 valence electrons. The van der Waals surface area contributed by atoms with Crippen LogP contribution in [-0.4, -0.2) is 11.1 Å². The number of hydrogen-bond acceptors (Lipinski definition) is 1. The average Bonchev–Trinajstić information content (AvgIpc) is 2.51. The van der Waals surface area contributed by atoms with Crippen molar-refractivity contribution >= 4 is 12.0 Å². The first kappa shape index (κ1) is 18.4. The standard InChI is InChI=1S/C12H12.C7H10O2/c1-3-11(2)9-10-12-7-5-4-6-8-12;1-3-4-5-6(2)7(8)9/h3-10H,1-2H2;3H,1-2,4-5H2,(H,8,9). The number of rotatable bonds is 7. The van der Waals surface area contributed by atoms with Crippen LogP contribution in [0.2, 0.25) is 0 Å². The van der Waals surface area contributed by atoms with E-state index in [4.69, 9.17) is 5.11 Å². The third kappa shape index (κ3) is 9.91. The predicted molar refractivity (Wildman–Crippen MR) is 91.0 cm³/mol. The fourth-order valence-electron chi connectivity index (χ4n) is 1.22. The van der Waals surface area contributed by atoms with Crippen molar-refractivity contribution in [2.24, 2.45) is 0 Å². The lowest BCUT2D eigenvalue weighted by atomic mass is 10.2. The molecular weight excluding hydrogens is 260 g/mol. The highest BCUT2D eigenvalue weighted by molar-refractivity contribution is 5.85. The third-order valence-electron chi connectivity index (χ3n) is 2.50. The first-order chi connectivity index (χ1) is 10.0. The van der Waals surface area contributed by atoms with Crippen LogP contribution >= 0.6 is 0 Å². The van der Waals surface area contributed by atoms with Crippen molar-refractivity contribution in [1.29, 1.82) is 0 Å². The van der Waals surface area contributed by atoms with E-state index in [0.29, 0.717) is 12.8 Å². The summed E-state index contributed by atoms with van der Waals surface area (Å²) in [4.78, 5) is 10.1. The molecule has 1 N–H and O–H groups in total. The number of carbonyl (C=O) groups is 1. The number of allylic oxidation sites excluding steroid dienone is 4. The van der Waals surface area contributed by atoms with Crippen LogP contribution in [-0.2, 0) is 4.79 Å². The Bertz CT molecular complexity index is 522. The SMILES string of the molecule is C=CC(=C)C=Cc1ccccc1.C=CCCC(=C)C(=O)O. The van der Waals surface area contributed by atoms with E-state index in [1.54, 1.807) is 12.2 Å². The summed E-state index contributed by atoms with van der Waals surface area (Å²) in [5.74, 6) is -0.920. The number of hydrogen-bond donors (Lipinski definition) is 1. The highest BCUT2D eigenvalue weighted by Gasteiger charge is 1.99. The van der Waals surface area contributed by atoms with Crippen LogP contribution in [0.3, 0.4) is 0 Å². The van der Waals surface area contributed by atoms with Gasteiger partial charge in [0.15, 0.2) is 0 Å². The largest absolute Gasteiger partial charge is 0.478 e. The summed E-state index contributed by atoms with van der Waals surface area (Å²) in [7, 11) is 0. The first-order valence-electron chi connectivity index (χ1n) is 6.57. The van der Waals surface area contributed by atoms with Crippen LogP contribution in [0.5, 0.6) is 0 Å². The molecule has 1 aromatic rings. The predicted octanol–water partition coefficient (Wildman–Crippen LogP) is 5.04. The molecule has 0 aliphatic rings. The van der Waals surface area contributed by atoms with Crippen molar-refractivity contribution < 1.29 is 9.90 Å². The second-order valence-electron chi connectivity index (χ2n) is 4.26. The summed E-state index contributed by atoms with van der Waals surface area (Å²) in [6.07, 6.45) is 8.56. The zero-order valence-electron chi connectivity index (χ0n) is 12.3. The van der Waals surface area contributed by atoms with Gasteiger partial charge in [-0.1, -0.05) is 74.4 Å². The van der Waals surface area contributed by atoms with Crippen molar-refractivity contribution in [1.82, 2.24) is 0 Å². The van der Waals surface area contributed by atoms with E-state index >= 15 is 0 Å². The summed E-state index contributed by atoms with van der Waals surface area (Å²) >= 11 is 0. The van der Waals surface area contributed by atoms with Gasteiger partial charge in [-0.2, -0.15) is 0 Å². The Morgan fingerprint density at radius 3 is 2.24 bits per heavy atom. The molecule has 0 saturated heterocycles. The van der Waals surface area contributed by atoms with Gasteiger partial charge in [-0.05, 0) is 24.0 Å². The molecule has 0 aromatic heterocycles. The van der Waals surface area contributed by atoms with Crippen LogP contribution < -0.4 is 0 Å². The maximum atomic E-state index is 10.1. The average molecular weight is 282 g/mol. The quantitative estimate of drug-likeness (QED) is 0.432. The zero-order chi connectivity index (χ0) is 16.1. The van der Waals surface area contributed by atoms with Gasteiger partial charge in [0.1, 0.15) is 0 Å². The second kappa shape index (κ2) is 11.2. The lowest BCUT2D eigenvalue weighted by molar-refractivity contribution is -0.132. The summed E-state index contributed by atoms with van der Waals surface area (Å²) in [6.45, 7) is 14.2. The van der Waals surface area contributed by atoms with E-state index in [1.807, 2.05) is 42.5 Å². The smallest absolute Gasteiger partial charge is 0.330 e. The van der Waals surface area contributed by atoms with Crippen molar-refractivity contribution in [3.05, 3.63) is 91.6 Å². The Hall–Kier alpha value is -2.61. The van der Waals surface area contributed by atoms with Crippen molar-refractivity contribution in [2.45, 2.75) is 12.8 Å². The number of aliphatic carboxylic acids is 1. The van der Waals surface area contributed by atoms with Gasteiger partial charge in [0.25, 0.3) is 0 Å². The molecule has 0 radical (unpaired) electrons. The molecule has 0 amide bonds. The number of carboxylic acid groups (broad SMARTS) is 1. The highest BCUT2D eigenvalue weighted by atomic mass is 16.4. The molecule has 0 spiro atoms. The van der Waals surface area contributed by atoms with Gasteiger partial charge < -0.3 is 5.11 Å². The molecular formula is C19H22O2. The summed E-state index contributed by atoms with van der Waals surface area (Å²) in [6, 6.07) is 10.1. The minimum atomic E-state index is -0.920. The van der Waals surface area contributed by atoms with Crippen molar-refractivity contribution in [3.63, 3.8) is 0 Å². The number of benzene rings is 1. The fraction of sp³-hybridized carbons (Fsp3) is 0.105. The maximum Gasteiger partial charge on any atom is 0.330 e. The fourth-order valence-corrected chi connectivity index (χ4v) is 1.22. The molecule has 2 heteroatoms. The van der Waals surface area contributed by atoms with E-state index < -0.39 is 5.97 Å². The lowest BCUT2D eigenvalue weighted by Gasteiger charge is -1.93. The van der Waals surface area contributed by atoms with Crippen molar-refractivity contribution in [3.8, 4) is 0 Å². The first-order valence-corrected chi connectivity index (χ1v) is 6.57. The molecule has 1 aromatic carbocycles. The van der Waals surface area contributed by atoms with Gasteiger partial charge in [0.05, 0.1) is 0 Å².